The molecular formula is C15H24N4O3S. The molecule has 1 saturated heterocycles. The molecule has 2 heterocycles. The molecule has 3 rings (SSSR count). The Bertz CT molecular complexity index is 659. The summed E-state index contributed by atoms with van der Waals surface area (Å²) in [6, 6.07) is 2.36. The Morgan fingerprint density at radius 1 is 1.30 bits per heavy atom. The number of anilines is 1. The minimum atomic E-state index is -3.21. The van der Waals surface area contributed by atoms with Crippen LogP contribution >= 0.6 is 0 Å². The fourth-order valence-corrected chi connectivity index (χ4v) is 4.03. The van der Waals surface area contributed by atoms with Crippen molar-refractivity contribution in [2.45, 2.75) is 44.8 Å². The largest absolute Gasteiger partial charge is 0.369 e. The number of ether oxygens (including phenoxy) is 1. The minimum absolute atomic E-state index is 0.304. The number of nitrogens with zero attached hydrogens (tertiary/aromatic N) is 3. The zero-order valence-corrected chi connectivity index (χ0v) is 14.5. The van der Waals surface area contributed by atoms with Crippen LogP contribution in [0.15, 0.2) is 6.07 Å². The summed E-state index contributed by atoms with van der Waals surface area (Å²) in [5, 5.41) is 3.46. The van der Waals surface area contributed by atoms with Crippen molar-refractivity contribution in [2.75, 3.05) is 31.3 Å². The van der Waals surface area contributed by atoms with Crippen molar-refractivity contribution in [1.82, 2.24) is 14.3 Å². The summed E-state index contributed by atoms with van der Waals surface area (Å²) in [6.07, 6.45) is 5.73. The fourth-order valence-electron chi connectivity index (χ4n) is 3.21. The molecular weight excluding hydrogens is 316 g/mol. The standard InChI is InChI=1S/C15H24N4O3S/c1-11-16-13(9-15(17-11)18-12-5-3-4-6-12)14-10-19(7-8-22-14)23(2,20)21/h9,12,14H,3-8,10H2,1-2H3,(H,16,17,18). The van der Waals surface area contributed by atoms with Crippen LogP contribution in [0.25, 0.3) is 0 Å². The molecule has 1 saturated carbocycles. The van der Waals surface area contributed by atoms with Gasteiger partial charge in [0.05, 0.1) is 18.6 Å². The fraction of sp³-hybridized carbons (Fsp3) is 0.733. The van der Waals surface area contributed by atoms with Crippen molar-refractivity contribution in [1.29, 1.82) is 0 Å². The van der Waals surface area contributed by atoms with E-state index in [0.717, 1.165) is 11.5 Å². The Morgan fingerprint density at radius 3 is 2.74 bits per heavy atom. The van der Waals surface area contributed by atoms with E-state index in [4.69, 9.17) is 4.74 Å². The molecule has 0 aromatic carbocycles. The van der Waals surface area contributed by atoms with Crippen LogP contribution in [0.3, 0.4) is 0 Å². The van der Waals surface area contributed by atoms with Crippen LogP contribution < -0.4 is 5.32 Å². The Morgan fingerprint density at radius 2 is 2.04 bits per heavy atom. The highest BCUT2D eigenvalue weighted by atomic mass is 32.2. The van der Waals surface area contributed by atoms with Gasteiger partial charge in [0.2, 0.25) is 10.0 Å². The van der Waals surface area contributed by atoms with Crippen LogP contribution in [0.5, 0.6) is 0 Å². The average Bonchev–Trinajstić information content (AvgIpc) is 2.99. The van der Waals surface area contributed by atoms with Crippen LogP contribution in [0.1, 0.15) is 43.3 Å². The highest BCUT2D eigenvalue weighted by Gasteiger charge is 2.29. The minimum Gasteiger partial charge on any atom is -0.369 e. The van der Waals surface area contributed by atoms with Crippen LogP contribution in [-0.4, -0.2) is 54.7 Å². The molecule has 1 aliphatic heterocycles. The van der Waals surface area contributed by atoms with Gasteiger partial charge in [-0.3, -0.25) is 0 Å². The Hall–Kier alpha value is -1.25. The Kier molecular flexibility index (Phi) is 4.84. The van der Waals surface area contributed by atoms with E-state index in [1.54, 1.807) is 0 Å². The van der Waals surface area contributed by atoms with E-state index in [2.05, 4.69) is 15.3 Å². The van der Waals surface area contributed by atoms with E-state index in [1.165, 1.54) is 36.2 Å². The maximum Gasteiger partial charge on any atom is 0.211 e. The van der Waals surface area contributed by atoms with Gasteiger partial charge in [0.25, 0.3) is 0 Å². The topological polar surface area (TPSA) is 84.4 Å². The van der Waals surface area contributed by atoms with Crippen LogP contribution in [0, 0.1) is 6.92 Å². The first-order chi connectivity index (χ1) is 10.9. The lowest BCUT2D eigenvalue weighted by atomic mass is 10.2. The Labute approximate surface area is 137 Å². The predicted molar refractivity (Wildman–Crippen MR) is 87.8 cm³/mol. The van der Waals surface area contributed by atoms with E-state index in [-0.39, 0.29) is 6.10 Å². The molecule has 7 nitrogen and oxygen atoms in total. The number of aryl methyl sites for hydroxylation is 1. The zero-order valence-electron chi connectivity index (χ0n) is 13.7. The summed E-state index contributed by atoms with van der Waals surface area (Å²) in [4.78, 5) is 8.90. The zero-order chi connectivity index (χ0) is 16.4. The maximum absolute atomic E-state index is 11.8. The summed E-state index contributed by atoms with van der Waals surface area (Å²) in [7, 11) is -3.21. The number of aromatic nitrogens is 2. The molecule has 8 heteroatoms. The molecule has 1 N–H and O–H groups in total. The van der Waals surface area contributed by atoms with Crippen molar-refractivity contribution in [2.24, 2.45) is 0 Å². The van der Waals surface area contributed by atoms with Crippen molar-refractivity contribution in [3.05, 3.63) is 17.6 Å². The number of sulfonamides is 1. The third kappa shape index (κ3) is 4.19. The first-order valence-electron chi connectivity index (χ1n) is 8.10. The molecule has 1 aliphatic carbocycles. The van der Waals surface area contributed by atoms with Gasteiger partial charge >= 0.3 is 0 Å². The second kappa shape index (κ2) is 6.70. The number of nitrogens with one attached hydrogen (secondary N) is 1. The van der Waals surface area contributed by atoms with E-state index in [0.29, 0.717) is 31.6 Å². The van der Waals surface area contributed by atoms with E-state index < -0.39 is 10.0 Å². The monoisotopic (exact) mass is 340 g/mol. The van der Waals surface area contributed by atoms with Crippen molar-refractivity contribution >= 4 is 15.8 Å². The quantitative estimate of drug-likeness (QED) is 0.893. The number of hydrogen-bond acceptors (Lipinski definition) is 6. The van der Waals surface area contributed by atoms with Gasteiger partial charge in [-0.05, 0) is 19.8 Å². The first kappa shape index (κ1) is 16.6. The van der Waals surface area contributed by atoms with Gasteiger partial charge in [-0.25, -0.2) is 18.4 Å². The third-order valence-corrected chi connectivity index (χ3v) is 5.66. The molecule has 1 aromatic rings. The van der Waals surface area contributed by atoms with E-state index >= 15 is 0 Å². The van der Waals surface area contributed by atoms with Crippen LogP contribution in [0.4, 0.5) is 5.82 Å². The van der Waals surface area contributed by atoms with Gasteiger partial charge in [-0.1, -0.05) is 12.8 Å². The van der Waals surface area contributed by atoms with Gasteiger partial charge in [-0.15, -0.1) is 0 Å². The van der Waals surface area contributed by atoms with Gasteiger partial charge in [0.1, 0.15) is 17.7 Å². The lowest BCUT2D eigenvalue weighted by molar-refractivity contribution is -0.00484. The molecule has 0 bridgehead atoms. The number of morpholine rings is 1. The molecule has 1 atom stereocenters. The van der Waals surface area contributed by atoms with Crippen molar-refractivity contribution in [3.8, 4) is 0 Å². The van der Waals surface area contributed by atoms with Gasteiger partial charge in [0.15, 0.2) is 0 Å². The van der Waals surface area contributed by atoms with Gasteiger partial charge < -0.3 is 10.1 Å². The van der Waals surface area contributed by atoms with Gasteiger partial charge in [0, 0.05) is 25.2 Å². The first-order valence-corrected chi connectivity index (χ1v) is 9.95. The van der Waals surface area contributed by atoms with Crippen molar-refractivity contribution < 1.29 is 13.2 Å². The van der Waals surface area contributed by atoms with E-state index in [9.17, 15) is 8.42 Å². The molecule has 0 amide bonds. The molecule has 23 heavy (non-hydrogen) atoms. The van der Waals surface area contributed by atoms with E-state index in [1.807, 2.05) is 13.0 Å². The molecule has 128 valence electrons. The highest BCUT2D eigenvalue weighted by molar-refractivity contribution is 7.88. The SMILES string of the molecule is Cc1nc(NC2CCCC2)cc(C2CN(S(C)(=O)=O)CCO2)n1. The molecule has 0 radical (unpaired) electrons. The highest BCUT2D eigenvalue weighted by Crippen LogP contribution is 2.26. The summed E-state index contributed by atoms with van der Waals surface area (Å²) in [6.45, 7) is 2.93. The van der Waals surface area contributed by atoms with Crippen molar-refractivity contribution in [3.63, 3.8) is 0 Å². The summed E-state index contributed by atoms with van der Waals surface area (Å²) in [5.41, 5.74) is 0.742. The predicted octanol–water partition coefficient (Wildman–Crippen LogP) is 1.47. The van der Waals surface area contributed by atoms with Gasteiger partial charge in [-0.2, -0.15) is 4.31 Å². The van der Waals surface area contributed by atoms with Crippen LogP contribution in [-0.2, 0) is 14.8 Å². The molecule has 0 spiro atoms. The summed E-state index contributed by atoms with van der Waals surface area (Å²) in [5.74, 6) is 1.47. The third-order valence-electron chi connectivity index (χ3n) is 4.39. The molecule has 1 aromatic heterocycles. The number of hydrogen-bond donors (Lipinski definition) is 1. The lowest BCUT2D eigenvalue weighted by Crippen LogP contribution is -2.41. The maximum atomic E-state index is 11.8. The number of rotatable bonds is 4. The average molecular weight is 340 g/mol. The second-order valence-corrected chi connectivity index (χ2v) is 8.31. The lowest BCUT2D eigenvalue weighted by Gasteiger charge is -2.31. The normalized spacial score (nSPS) is 24.0. The summed E-state index contributed by atoms with van der Waals surface area (Å²) >= 11 is 0. The second-order valence-electron chi connectivity index (χ2n) is 6.33. The van der Waals surface area contributed by atoms with Crippen LogP contribution in [0.2, 0.25) is 0 Å². The molecule has 2 aliphatic rings. The summed E-state index contributed by atoms with van der Waals surface area (Å²) < 4.78 is 30.7. The smallest absolute Gasteiger partial charge is 0.211 e. The Balaban J connectivity index is 1.77. The molecule has 1 unspecified atom stereocenters. The molecule has 2 fully saturated rings.